The average molecular weight is 296 g/mol. The summed E-state index contributed by atoms with van der Waals surface area (Å²) in [7, 11) is 0. The van der Waals surface area contributed by atoms with Gasteiger partial charge in [0.25, 0.3) is 0 Å². The van der Waals surface area contributed by atoms with Gasteiger partial charge >= 0.3 is 12.1 Å². The van der Waals surface area contributed by atoms with Crippen molar-refractivity contribution < 1.29 is 27.9 Å². The zero-order chi connectivity index (χ0) is 15.4. The molecule has 20 heavy (non-hydrogen) atoms. The van der Waals surface area contributed by atoms with E-state index in [1.807, 2.05) is 0 Å². The van der Waals surface area contributed by atoms with Crippen LogP contribution in [0.15, 0.2) is 0 Å². The minimum absolute atomic E-state index is 0.0557. The molecule has 8 heteroatoms. The lowest BCUT2D eigenvalue weighted by molar-refractivity contribution is -0.172. The number of amides is 1. The Morgan fingerprint density at radius 1 is 1.20 bits per heavy atom. The number of carboxylic acids is 1. The van der Waals surface area contributed by atoms with Crippen molar-refractivity contribution in [1.82, 2.24) is 4.90 Å². The molecule has 0 aromatic heterocycles. The van der Waals surface area contributed by atoms with E-state index in [1.54, 1.807) is 0 Å². The number of rotatable bonds is 5. The van der Waals surface area contributed by atoms with Gasteiger partial charge in [0.15, 0.2) is 0 Å². The van der Waals surface area contributed by atoms with Crippen molar-refractivity contribution in [3.63, 3.8) is 0 Å². The zero-order valence-corrected chi connectivity index (χ0v) is 11.1. The highest BCUT2D eigenvalue weighted by Crippen LogP contribution is 2.37. The summed E-state index contributed by atoms with van der Waals surface area (Å²) >= 11 is 0. The van der Waals surface area contributed by atoms with E-state index in [9.17, 15) is 22.8 Å². The molecule has 0 aromatic carbocycles. The number of carbonyl (C=O) groups excluding carboxylic acids is 1. The summed E-state index contributed by atoms with van der Waals surface area (Å²) in [6, 6.07) is 0. The van der Waals surface area contributed by atoms with Crippen molar-refractivity contribution >= 4 is 11.9 Å². The second kappa shape index (κ2) is 6.43. The van der Waals surface area contributed by atoms with Gasteiger partial charge in [0.1, 0.15) is 13.1 Å². The molecule has 1 aliphatic carbocycles. The topological polar surface area (TPSA) is 83.6 Å². The van der Waals surface area contributed by atoms with Crippen molar-refractivity contribution in [2.24, 2.45) is 11.1 Å². The lowest BCUT2D eigenvalue weighted by Crippen LogP contribution is -2.52. The van der Waals surface area contributed by atoms with E-state index in [0.29, 0.717) is 17.7 Å². The van der Waals surface area contributed by atoms with E-state index in [-0.39, 0.29) is 6.54 Å². The number of alkyl halides is 3. The van der Waals surface area contributed by atoms with Crippen LogP contribution in [0.1, 0.15) is 32.1 Å². The molecule has 0 saturated heterocycles. The number of carboxylic acid groups (broad SMARTS) is 1. The summed E-state index contributed by atoms with van der Waals surface area (Å²) < 4.78 is 37.5. The number of carbonyl (C=O) groups is 2. The van der Waals surface area contributed by atoms with E-state index in [0.717, 1.165) is 19.3 Å². The van der Waals surface area contributed by atoms with Gasteiger partial charge in [-0.05, 0) is 12.8 Å². The first-order chi connectivity index (χ1) is 9.20. The molecule has 0 heterocycles. The quantitative estimate of drug-likeness (QED) is 0.802. The molecule has 0 atom stereocenters. The number of halogens is 3. The van der Waals surface area contributed by atoms with E-state index >= 15 is 0 Å². The number of aliphatic carboxylic acids is 1. The number of hydrogen-bond donors (Lipinski definition) is 2. The average Bonchev–Trinajstić information content (AvgIpc) is 2.35. The maximum atomic E-state index is 12.5. The largest absolute Gasteiger partial charge is 0.480 e. The van der Waals surface area contributed by atoms with Crippen LogP contribution in [-0.2, 0) is 9.59 Å². The van der Waals surface area contributed by atoms with Crippen molar-refractivity contribution in [3.8, 4) is 0 Å². The predicted molar refractivity (Wildman–Crippen MR) is 64.8 cm³/mol. The second-order valence-electron chi connectivity index (χ2n) is 5.22. The van der Waals surface area contributed by atoms with Gasteiger partial charge < -0.3 is 15.7 Å². The Kier molecular flexibility index (Phi) is 5.38. The highest BCUT2D eigenvalue weighted by molar-refractivity contribution is 5.86. The first-order valence-electron chi connectivity index (χ1n) is 6.48. The fraction of sp³-hybridized carbons (Fsp3) is 0.833. The van der Waals surface area contributed by atoms with Gasteiger partial charge in [-0.3, -0.25) is 9.59 Å². The van der Waals surface area contributed by atoms with Crippen LogP contribution in [0, 0.1) is 5.41 Å². The third kappa shape index (κ3) is 4.36. The maximum Gasteiger partial charge on any atom is 0.406 e. The molecular formula is C12H19F3N2O3. The van der Waals surface area contributed by atoms with Gasteiger partial charge in [-0.2, -0.15) is 13.2 Å². The number of hydrogen-bond acceptors (Lipinski definition) is 3. The molecule has 0 aliphatic heterocycles. The number of nitrogens with two attached hydrogens (primary N) is 1. The molecular weight excluding hydrogens is 277 g/mol. The summed E-state index contributed by atoms with van der Waals surface area (Å²) in [4.78, 5) is 23.4. The van der Waals surface area contributed by atoms with Gasteiger partial charge in [-0.1, -0.05) is 19.3 Å². The fourth-order valence-electron chi connectivity index (χ4n) is 2.65. The lowest BCUT2D eigenvalue weighted by atomic mass is 9.73. The number of nitrogens with zero attached hydrogens (tertiary/aromatic N) is 1. The van der Waals surface area contributed by atoms with Crippen LogP contribution in [0.4, 0.5) is 13.2 Å². The minimum atomic E-state index is -4.63. The van der Waals surface area contributed by atoms with E-state index in [1.165, 1.54) is 0 Å². The normalized spacial score (nSPS) is 18.6. The van der Waals surface area contributed by atoms with Crippen molar-refractivity contribution in [2.75, 3.05) is 19.6 Å². The molecule has 0 aromatic rings. The van der Waals surface area contributed by atoms with Crippen LogP contribution in [0.25, 0.3) is 0 Å². The zero-order valence-electron chi connectivity index (χ0n) is 11.1. The van der Waals surface area contributed by atoms with Gasteiger partial charge in [0.2, 0.25) is 5.91 Å². The second-order valence-corrected chi connectivity index (χ2v) is 5.22. The molecule has 1 fully saturated rings. The van der Waals surface area contributed by atoms with E-state index < -0.39 is 36.6 Å². The molecule has 0 bridgehead atoms. The van der Waals surface area contributed by atoms with Crippen molar-refractivity contribution in [3.05, 3.63) is 0 Å². The standard InChI is InChI=1S/C12H19F3N2O3/c13-12(14,15)8-17(6-9(18)19)10(20)11(7-16)4-2-1-3-5-11/h1-8,16H2,(H,18,19). The molecule has 1 rings (SSSR count). The van der Waals surface area contributed by atoms with Crippen LogP contribution in [0.3, 0.4) is 0 Å². The highest BCUT2D eigenvalue weighted by Gasteiger charge is 2.44. The van der Waals surface area contributed by atoms with Crippen molar-refractivity contribution in [1.29, 1.82) is 0 Å². The first-order valence-corrected chi connectivity index (χ1v) is 6.48. The maximum absolute atomic E-state index is 12.5. The molecule has 5 nitrogen and oxygen atoms in total. The van der Waals surface area contributed by atoms with Crippen LogP contribution in [0.2, 0.25) is 0 Å². The Hall–Kier alpha value is -1.31. The van der Waals surface area contributed by atoms with Crippen LogP contribution in [-0.4, -0.2) is 47.7 Å². The van der Waals surface area contributed by atoms with Gasteiger partial charge in [-0.25, -0.2) is 0 Å². The van der Waals surface area contributed by atoms with Gasteiger partial charge in [-0.15, -0.1) is 0 Å². The Morgan fingerprint density at radius 2 is 1.75 bits per heavy atom. The summed E-state index contributed by atoms with van der Waals surface area (Å²) in [6.07, 6.45) is -1.46. The lowest BCUT2D eigenvalue weighted by Gasteiger charge is -2.38. The van der Waals surface area contributed by atoms with E-state index in [4.69, 9.17) is 10.8 Å². The summed E-state index contributed by atoms with van der Waals surface area (Å²) in [6.45, 7) is -2.57. The fourth-order valence-corrected chi connectivity index (χ4v) is 2.65. The first kappa shape index (κ1) is 16.7. The van der Waals surface area contributed by atoms with Crippen molar-refractivity contribution in [2.45, 2.75) is 38.3 Å². The summed E-state index contributed by atoms with van der Waals surface area (Å²) in [5.41, 5.74) is 4.55. The Balaban J connectivity index is 2.92. The molecule has 1 aliphatic rings. The Bertz CT molecular complexity index is 365. The minimum Gasteiger partial charge on any atom is -0.480 e. The van der Waals surface area contributed by atoms with Gasteiger partial charge in [0, 0.05) is 6.54 Å². The van der Waals surface area contributed by atoms with Crippen LogP contribution >= 0.6 is 0 Å². The third-order valence-electron chi connectivity index (χ3n) is 3.64. The SMILES string of the molecule is NCC1(C(=O)N(CC(=O)O)CC(F)(F)F)CCCCC1. The molecule has 3 N–H and O–H groups in total. The predicted octanol–water partition coefficient (Wildman–Crippen LogP) is 1.37. The Morgan fingerprint density at radius 3 is 2.15 bits per heavy atom. The third-order valence-corrected chi connectivity index (χ3v) is 3.64. The van der Waals surface area contributed by atoms with E-state index in [2.05, 4.69) is 0 Å². The summed E-state index contributed by atoms with van der Waals surface area (Å²) in [5, 5.41) is 8.69. The van der Waals surface area contributed by atoms with Crippen LogP contribution in [0.5, 0.6) is 0 Å². The molecule has 116 valence electrons. The molecule has 1 saturated carbocycles. The van der Waals surface area contributed by atoms with Gasteiger partial charge in [0.05, 0.1) is 5.41 Å². The summed E-state index contributed by atoms with van der Waals surface area (Å²) in [5.74, 6) is -2.26. The smallest absolute Gasteiger partial charge is 0.406 e. The van der Waals surface area contributed by atoms with Crippen LogP contribution < -0.4 is 5.73 Å². The highest BCUT2D eigenvalue weighted by atomic mass is 19.4. The Labute approximate surface area is 114 Å². The molecule has 0 spiro atoms. The molecule has 1 amide bonds. The monoisotopic (exact) mass is 296 g/mol. The molecule has 0 unspecified atom stereocenters. The molecule has 0 radical (unpaired) electrons.